The standard InChI is InChI=1S/C12H14Cl2O/c1-12(15,9-3-4-9)7-8-2-5-10(13)11(14)6-8/h2,5-6,9,15H,3-4,7H2,1H3. The molecule has 0 bridgehead atoms. The van der Waals surface area contributed by atoms with Gasteiger partial charge >= 0.3 is 0 Å². The van der Waals surface area contributed by atoms with Crippen LogP contribution in [0.5, 0.6) is 0 Å². The van der Waals surface area contributed by atoms with E-state index in [2.05, 4.69) is 0 Å². The van der Waals surface area contributed by atoms with Gasteiger partial charge in [-0.05, 0) is 43.4 Å². The van der Waals surface area contributed by atoms with E-state index in [1.54, 1.807) is 6.07 Å². The Balaban J connectivity index is 2.13. The molecule has 2 rings (SSSR count). The summed E-state index contributed by atoms with van der Waals surface area (Å²) in [6, 6.07) is 5.54. The van der Waals surface area contributed by atoms with Gasteiger partial charge in [0, 0.05) is 6.42 Å². The first kappa shape index (κ1) is 11.3. The van der Waals surface area contributed by atoms with Crippen LogP contribution in [0.25, 0.3) is 0 Å². The predicted molar refractivity (Wildman–Crippen MR) is 63.5 cm³/mol. The van der Waals surface area contributed by atoms with Gasteiger partial charge in [0.15, 0.2) is 0 Å². The number of hydrogen-bond acceptors (Lipinski definition) is 1. The van der Waals surface area contributed by atoms with Crippen molar-refractivity contribution in [3.8, 4) is 0 Å². The van der Waals surface area contributed by atoms with Crippen molar-refractivity contribution in [2.75, 3.05) is 0 Å². The Hall–Kier alpha value is -0.240. The maximum atomic E-state index is 10.2. The molecule has 1 unspecified atom stereocenters. The molecule has 1 nitrogen and oxygen atoms in total. The van der Waals surface area contributed by atoms with Gasteiger partial charge < -0.3 is 5.11 Å². The first-order chi connectivity index (χ1) is 6.99. The number of aliphatic hydroxyl groups is 1. The zero-order valence-corrected chi connectivity index (χ0v) is 10.1. The molecule has 1 aliphatic carbocycles. The van der Waals surface area contributed by atoms with Crippen molar-refractivity contribution in [2.24, 2.45) is 5.92 Å². The Kier molecular flexibility index (Phi) is 2.98. The van der Waals surface area contributed by atoms with Crippen LogP contribution in [0.1, 0.15) is 25.3 Å². The van der Waals surface area contributed by atoms with E-state index in [9.17, 15) is 5.11 Å². The van der Waals surface area contributed by atoms with Crippen LogP contribution in [0.15, 0.2) is 18.2 Å². The van der Waals surface area contributed by atoms with Gasteiger partial charge in [0.25, 0.3) is 0 Å². The Morgan fingerprint density at radius 3 is 2.53 bits per heavy atom. The molecule has 0 aromatic heterocycles. The summed E-state index contributed by atoms with van der Waals surface area (Å²) in [5, 5.41) is 11.3. The summed E-state index contributed by atoms with van der Waals surface area (Å²) in [5.41, 5.74) is 0.443. The molecule has 1 aliphatic rings. The Labute approximate surface area is 100 Å². The molecule has 1 fully saturated rings. The van der Waals surface area contributed by atoms with Crippen molar-refractivity contribution in [1.29, 1.82) is 0 Å². The molecule has 82 valence electrons. The molecule has 1 saturated carbocycles. The molecule has 3 heteroatoms. The Bertz CT molecular complexity index is 370. The fraction of sp³-hybridized carbons (Fsp3) is 0.500. The summed E-state index contributed by atoms with van der Waals surface area (Å²) in [7, 11) is 0. The largest absolute Gasteiger partial charge is 0.390 e. The van der Waals surface area contributed by atoms with Crippen LogP contribution < -0.4 is 0 Å². The molecule has 15 heavy (non-hydrogen) atoms. The average molecular weight is 245 g/mol. The number of hydrogen-bond donors (Lipinski definition) is 1. The van der Waals surface area contributed by atoms with Crippen molar-refractivity contribution >= 4 is 23.2 Å². The fourth-order valence-corrected chi connectivity index (χ4v) is 2.23. The summed E-state index contributed by atoms with van der Waals surface area (Å²) >= 11 is 11.8. The zero-order valence-electron chi connectivity index (χ0n) is 8.63. The highest BCUT2D eigenvalue weighted by Crippen LogP contribution is 2.41. The van der Waals surface area contributed by atoms with E-state index in [-0.39, 0.29) is 0 Å². The first-order valence-corrected chi connectivity index (χ1v) is 5.91. The lowest BCUT2D eigenvalue weighted by Gasteiger charge is -2.23. The predicted octanol–water partition coefficient (Wildman–Crippen LogP) is 3.70. The van der Waals surface area contributed by atoms with Crippen molar-refractivity contribution in [1.82, 2.24) is 0 Å². The van der Waals surface area contributed by atoms with Crippen molar-refractivity contribution in [2.45, 2.75) is 31.8 Å². The lowest BCUT2D eigenvalue weighted by atomic mass is 9.92. The van der Waals surface area contributed by atoms with Gasteiger partial charge in [-0.3, -0.25) is 0 Å². The molecule has 0 aliphatic heterocycles. The van der Waals surface area contributed by atoms with E-state index in [1.807, 2.05) is 19.1 Å². The molecule has 1 N–H and O–H groups in total. The second-order valence-electron chi connectivity index (χ2n) is 4.56. The molecule has 0 amide bonds. The molecule has 1 aromatic carbocycles. The SMILES string of the molecule is CC(O)(Cc1ccc(Cl)c(Cl)c1)C1CC1. The summed E-state index contributed by atoms with van der Waals surface area (Å²) < 4.78 is 0. The summed E-state index contributed by atoms with van der Waals surface area (Å²) in [6.07, 6.45) is 2.91. The zero-order chi connectivity index (χ0) is 11.1. The van der Waals surface area contributed by atoms with Crippen molar-refractivity contribution in [3.05, 3.63) is 33.8 Å². The van der Waals surface area contributed by atoms with Crippen LogP contribution >= 0.6 is 23.2 Å². The maximum Gasteiger partial charge on any atom is 0.0687 e. The highest BCUT2D eigenvalue weighted by Gasteiger charge is 2.39. The van der Waals surface area contributed by atoms with E-state index in [0.717, 1.165) is 18.4 Å². The number of rotatable bonds is 3. The smallest absolute Gasteiger partial charge is 0.0687 e. The summed E-state index contributed by atoms with van der Waals surface area (Å²) in [6.45, 7) is 1.90. The molecule has 0 radical (unpaired) electrons. The molecule has 0 saturated heterocycles. The monoisotopic (exact) mass is 244 g/mol. The highest BCUT2D eigenvalue weighted by atomic mass is 35.5. The van der Waals surface area contributed by atoms with E-state index in [4.69, 9.17) is 23.2 Å². The van der Waals surface area contributed by atoms with Crippen LogP contribution in [0.4, 0.5) is 0 Å². The topological polar surface area (TPSA) is 20.2 Å². The van der Waals surface area contributed by atoms with E-state index < -0.39 is 5.60 Å². The minimum atomic E-state index is -0.600. The van der Waals surface area contributed by atoms with Crippen LogP contribution in [0, 0.1) is 5.92 Å². The third kappa shape index (κ3) is 2.66. The van der Waals surface area contributed by atoms with Crippen LogP contribution in [-0.4, -0.2) is 10.7 Å². The lowest BCUT2D eigenvalue weighted by Crippen LogP contribution is -2.29. The lowest BCUT2D eigenvalue weighted by molar-refractivity contribution is 0.0372. The van der Waals surface area contributed by atoms with Gasteiger partial charge in [0.05, 0.1) is 15.6 Å². The molecular formula is C12H14Cl2O. The molecule has 0 spiro atoms. The van der Waals surface area contributed by atoms with Gasteiger partial charge in [-0.15, -0.1) is 0 Å². The van der Waals surface area contributed by atoms with Gasteiger partial charge in [-0.2, -0.15) is 0 Å². The Morgan fingerprint density at radius 2 is 2.00 bits per heavy atom. The quantitative estimate of drug-likeness (QED) is 0.860. The minimum Gasteiger partial charge on any atom is -0.390 e. The van der Waals surface area contributed by atoms with Gasteiger partial charge in [-0.25, -0.2) is 0 Å². The van der Waals surface area contributed by atoms with Crippen LogP contribution in [-0.2, 0) is 6.42 Å². The van der Waals surface area contributed by atoms with Gasteiger partial charge in [-0.1, -0.05) is 29.3 Å². The van der Waals surface area contributed by atoms with E-state index in [0.29, 0.717) is 22.4 Å². The second kappa shape index (κ2) is 3.97. The third-order valence-electron chi connectivity index (χ3n) is 3.00. The molecule has 1 aromatic rings. The molecule has 1 atom stereocenters. The molecular weight excluding hydrogens is 231 g/mol. The summed E-state index contributed by atoms with van der Waals surface area (Å²) in [4.78, 5) is 0. The first-order valence-electron chi connectivity index (χ1n) is 5.15. The molecule has 0 heterocycles. The van der Waals surface area contributed by atoms with Crippen LogP contribution in [0.2, 0.25) is 10.0 Å². The van der Waals surface area contributed by atoms with E-state index >= 15 is 0 Å². The van der Waals surface area contributed by atoms with Gasteiger partial charge in [0.1, 0.15) is 0 Å². The minimum absolute atomic E-state index is 0.451. The van der Waals surface area contributed by atoms with Crippen molar-refractivity contribution < 1.29 is 5.11 Å². The van der Waals surface area contributed by atoms with Gasteiger partial charge in [0.2, 0.25) is 0 Å². The normalized spacial score (nSPS) is 20.0. The highest BCUT2D eigenvalue weighted by molar-refractivity contribution is 6.42. The summed E-state index contributed by atoms with van der Waals surface area (Å²) in [5.74, 6) is 0.451. The average Bonchev–Trinajstić information content (AvgIpc) is 2.93. The number of benzene rings is 1. The number of halogens is 2. The van der Waals surface area contributed by atoms with Crippen LogP contribution in [0.3, 0.4) is 0 Å². The third-order valence-corrected chi connectivity index (χ3v) is 3.74. The van der Waals surface area contributed by atoms with Crippen molar-refractivity contribution in [3.63, 3.8) is 0 Å². The maximum absolute atomic E-state index is 10.2. The van der Waals surface area contributed by atoms with E-state index in [1.165, 1.54) is 0 Å². The second-order valence-corrected chi connectivity index (χ2v) is 5.37. The Morgan fingerprint density at radius 1 is 1.33 bits per heavy atom. The fourth-order valence-electron chi connectivity index (χ4n) is 1.91.